The molecule has 1 saturated carbocycles. The molecule has 2 aliphatic heterocycles. The Hall–Kier alpha value is -0.710. The van der Waals surface area contributed by atoms with Crippen LogP contribution in [0.25, 0.3) is 0 Å². The summed E-state index contributed by atoms with van der Waals surface area (Å²) in [6.07, 6.45) is 1.67. The van der Waals surface area contributed by atoms with Crippen LogP contribution in [0.15, 0.2) is 0 Å². The topological polar surface area (TPSA) is 23.6 Å². The minimum absolute atomic E-state index is 0.0828. The number of fused-ring (bicyclic) bond motifs is 2. The predicted molar refractivity (Wildman–Crippen MR) is 68.0 cm³/mol. The summed E-state index contributed by atoms with van der Waals surface area (Å²) in [5.74, 6) is -4.07. The molecule has 3 unspecified atom stereocenters. The number of carbonyl (C=O) groups excluding carboxylic acids is 1. The lowest BCUT2D eigenvalue weighted by molar-refractivity contribution is -0.142. The van der Waals surface area contributed by atoms with Crippen molar-refractivity contribution in [1.82, 2.24) is 9.80 Å². The van der Waals surface area contributed by atoms with Crippen molar-refractivity contribution in [2.75, 3.05) is 13.1 Å². The predicted octanol–water partition coefficient (Wildman–Crippen LogP) is 2.12. The van der Waals surface area contributed by atoms with Crippen molar-refractivity contribution in [3.63, 3.8) is 0 Å². The first-order chi connectivity index (χ1) is 8.70. The van der Waals surface area contributed by atoms with E-state index in [4.69, 9.17) is 0 Å². The summed E-state index contributed by atoms with van der Waals surface area (Å²) in [6, 6.07) is 0.281. The molecule has 0 N–H and O–H groups in total. The highest BCUT2D eigenvalue weighted by atomic mass is 19.3. The lowest BCUT2D eigenvalue weighted by Crippen LogP contribution is -2.60. The van der Waals surface area contributed by atoms with Crippen molar-refractivity contribution >= 4 is 5.91 Å². The van der Waals surface area contributed by atoms with E-state index in [1.165, 1.54) is 0 Å². The van der Waals surface area contributed by atoms with Crippen molar-refractivity contribution in [3.8, 4) is 0 Å². The van der Waals surface area contributed by atoms with Crippen molar-refractivity contribution in [2.45, 2.75) is 63.6 Å². The molecule has 0 aromatic carbocycles. The Balaban J connectivity index is 1.72. The first-order valence-electron chi connectivity index (χ1n) is 7.15. The van der Waals surface area contributed by atoms with E-state index in [-0.39, 0.29) is 30.0 Å². The van der Waals surface area contributed by atoms with Crippen molar-refractivity contribution in [2.24, 2.45) is 5.92 Å². The molecule has 0 spiro atoms. The molecule has 1 amide bonds. The number of carbonyl (C=O) groups is 1. The molecule has 2 saturated heterocycles. The fourth-order valence-corrected chi connectivity index (χ4v) is 3.47. The van der Waals surface area contributed by atoms with Crippen LogP contribution in [0.4, 0.5) is 8.78 Å². The number of hydrogen-bond acceptors (Lipinski definition) is 2. The quantitative estimate of drug-likeness (QED) is 0.730. The average molecular weight is 272 g/mol. The van der Waals surface area contributed by atoms with E-state index in [9.17, 15) is 13.6 Å². The molecule has 5 heteroatoms. The van der Waals surface area contributed by atoms with Crippen LogP contribution >= 0.6 is 0 Å². The van der Waals surface area contributed by atoms with Crippen LogP contribution in [0.1, 0.15) is 40.0 Å². The number of rotatable bonds is 1. The zero-order valence-electron chi connectivity index (χ0n) is 11.8. The summed E-state index contributed by atoms with van der Waals surface area (Å²) in [5.41, 5.74) is 0.0828. The van der Waals surface area contributed by atoms with Gasteiger partial charge in [-0.25, -0.2) is 8.78 Å². The first-order valence-corrected chi connectivity index (χ1v) is 7.15. The molecule has 3 rings (SSSR count). The number of nitrogens with zero attached hydrogens (tertiary/aromatic N) is 2. The first kappa shape index (κ1) is 13.3. The summed E-state index contributed by atoms with van der Waals surface area (Å²) in [7, 11) is 0. The number of amides is 1. The minimum atomic E-state index is -2.74. The number of likely N-dealkylation sites (tertiary alicyclic amines) is 1. The van der Waals surface area contributed by atoms with Crippen LogP contribution in [0.5, 0.6) is 0 Å². The van der Waals surface area contributed by atoms with Crippen LogP contribution in [-0.2, 0) is 4.79 Å². The third-order valence-electron chi connectivity index (χ3n) is 4.81. The molecule has 3 fully saturated rings. The lowest BCUT2D eigenvalue weighted by atomic mass is 10.0. The van der Waals surface area contributed by atoms with Gasteiger partial charge in [0.05, 0.1) is 0 Å². The largest absolute Gasteiger partial charge is 0.334 e. The van der Waals surface area contributed by atoms with Crippen LogP contribution in [0, 0.1) is 5.92 Å². The average Bonchev–Trinajstić information content (AvgIpc) is 2.84. The molecular weight excluding hydrogens is 250 g/mol. The van der Waals surface area contributed by atoms with Gasteiger partial charge in [0.2, 0.25) is 5.91 Å². The van der Waals surface area contributed by atoms with E-state index >= 15 is 0 Å². The highest BCUT2D eigenvalue weighted by Crippen LogP contribution is 2.51. The van der Waals surface area contributed by atoms with Gasteiger partial charge >= 0.3 is 0 Å². The van der Waals surface area contributed by atoms with E-state index in [0.29, 0.717) is 0 Å². The monoisotopic (exact) mass is 272 g/mol. The maximum Gasteiger partial charge on any atom is 0.260 e. The lowest BCUT2D eigenvalue weighted by Gasteiger charge is -2.46. The Kier molecular flexibility index (Phi) is 2.73. The van der Waals surface area contributed by atoms with Crippen LogP contribution < -0.4 is 0 Å². The summed E-state index contributed by atoms with van der Waals surface area (Å²) in [6.45, 7) is 8.14. The smallest absolute Gasteiger partial charge is 0.260 e. The standard InChI is InChI=1S/C14H22F2N2O/c1-13(2,3)17-7-9-4-5-10(8-17)18(9)12(19)11-6-14(11,15)16/h9-11H,4-8H2,1-3H3. The highest BCUT2D eigenvalue weighted by molar-refractivity contribution is 5.84. The van der Waals surface area contributed by atoms with Crippen molar-refractivity contribution in [3.05, 3.63) is 0 Å². The maximum absolute atomic E-state index is 13.1. The number of hydrogen-bond donors (Lipinski definition) is 0. The van der Waals surface area contributed by atoms with Gasteiger partial charge in [0.1, 0.15) is 5.92 Å². The zero-order chi connectivity index (χ0) is 14.0. The van der Waals surface area contributed by atoms with Gasteiger partial charge < -0.3 is 4.90 Å². The Morgan fingerprint density at radius 1 is 1.16 bits per heavy atom. The fourth-order valence-electron chi connectivity index (χ4n) is 3.47. The summed E-state index contributed by atoms with van der Waals surface area (Å²) >= 11 is 0. The fraction of sp³-hybridized carbons (Fsp3) is 0.929. The maximum atomic E-state index is 13.1. The van der Waals surface area contributed by atoms with E-state index in [1.807, 2.05) is 0 Å². The van der Waals surface area contributed by atoms with Gasteiger partial charge in [-0.15, -0.1) is 0 Å². The summed E-state index contributed by atoms with van der Waals surface area (Å²) in [5, 5.41) is 0. The second kappa shape index (κ2) is 3.90. The molecule has 3 aliphatic rings. The van der Waals surface area contributed by atoms with Gasteiger partial charge in [-0.2, -0.15) is 0 Å². The van der Waals surface area contributed by atoms with Gasteiger partial charge in [0, 0.05) is 37.1 Å². The van der Waals surface area contributed by atoms with Crippen molar-refractivity contribution in [1.29, 1.82) is 0 Å². The third-order valence-corrected chi connectivity index (χ3v) is 4.81. The molecule has 2 heterocycles. The van der Waals surface area contributed by atoms with E-state index in [0.717, 1.165) is 25.9 Å². The van der Waals surface area contributed by atoms with E-state index in [1.54, 1.807) is 4.90 Å². The molecule has 0 radical (unpaired) electrons. The zero-order valence-corrected chi connectivity index (χ0v) is 11.8. The number of alkyl halides is 2. The number of halogens is 2. The molecular formula is C14H22F2N2O. The summed E-state index contributed by atoms with van der Waals surface area (Å²) < 4.78 is 26.2. The van der Waals surface area contributed by atoms with Gasteiger partial charge in [-0.3, -0.25) is 9.69 Å². The van der Waals surface area contributed by atoms with Crippen LogP contribution in [0.2, 0.25) is 0 Å². The molecule has 108 valence electrons. The molecule has 3 atom stereocenters. The molecule has 2 bridgehead atoms. The van der Waals surface area contributed by atoms with Gasteiger partial charge in [0.25, 0.3) is 5.92 Å². The van der Waals surface area contributed by atoms with E-state index < -0.39 is 11.8 Å². The molecule has 19 heavy (non-hydrogen) atoms. The Morgan fingerprint density at radius 2 is 1.63 bits per heavy atom. The number of piperazine rings is 1. The molecule has 0 aromatic heterocycles. The molecule has 0 aromatic rings. The van der Waals surface area contributed by atoms with Gasteiger partial charge in [0.15, 0.2) is 0 Å². The second-order valence-electron chi connectivity index (χ2n) is 7.22. The van der Waals surface area contributed by atoms with Crippen LogP contribution in [-0.4, -0.2) is 52.3 Å². The molecule has 3 nitrogen and oxygen atoms in total. The van der Waals surface area contributed by atoms with Gasteiger partial charge in [-0.05, 0) is 33.6 Å². The van der Waals surface area contributed by atoms with Gasteiger partial charge in [-0.1, -0.05) is 0 Å². The third kappa shape index (κ3) is 2.16. The van der Waals surface area contributed by atoms with Crippen LogP contribution in [0.3, 0.4) is 0 Å². The minimum Gasteiger partial charge on any atom is -0.334 e. The Labute approximate surface area is 112 Å². The Bertz CT molecular complexity index is 391. The SMILES string of the molecule is CC(C)(C)N1CC2CCC(C1)N2C(=O)C1CC1(F)F. The second-order valence-corrected chi connectivity index (χ2v) is 7.22. The Morgan fingerprint density at radius 3 is 2.00 bits per heavy atom. The van der Waals surface area contributed by atoms with E-state index in [2.05, 4.69) is 25.7 Å². The highest BCUT2D eigenvalue weighted by Gasteiger charge is 2.64. The normalized spacial score (nSPS) is 37.5. The van der Waals surface area contributed by atoms with Crippen molar-refractivity contribution < 1.29 is 13.6 Å². The molecule has 1 aliphatic carbocycles. The summed E-state index contributed by atoms with van der Waals surface area (Å²) in [4.78, 5) is 16.4.